The number of nitrogens with two attached hydrogens (primary N) is 1. The first-order chi connectivity index (χ1) is 5.74. The van der Waals surface area contributed by atoms with E-state index < -0.39 is 0 Å². The van der Waals surface area contributed by atoms with Crippen LogP contribution in [0.5, 0.6) is 0 Å². The quantitative estimate of drug-likeness (QED) is 0.527. The summed E-state index contributed by atoms with van der Waals surface area (Å²) in [6.45, 7) is 1.48. The van der Waals surface area contributed by atoms with E-state index in [-0.39, 0.29) is 12.0 Å². The summed E-state index contributed by atoms with van der Waals surface area (Å²) in [6.07, 6.45) is 3.41. The van der Waals surface area contributed by atoms with Gasteiger partial charge in [0, 0.05) is 25.7 Å². The molecule has 1 heterocycles. The minimum atomic E-state index is -0.347. The second-order valence-corrected chi connectivity index (χ2v) is 2.86. The van der Waals surface area contributed by atoms with Crippen LogP contribution >= 0.6 is 0 Å². The molecule has 1 fully saturated rings. The molecule has 1 aliphatic heterocycles. The number of hydrogen-bond donors (Lipinski definition) is 2. The third kappa shape index (κ3) is 2.32. The van der Waals surface area contributed by atoms with Gasteiger partial charge in [-0.25, -0.2) is 0 Å². The number of nitrogens with zero attached hydrogens (tertiary/aromatic N) is 1. The lowest BCUT2D eigenvalue weighted by molar-refractivity contribution is -0.125. The third-order valence-corrected chi connectivity index (χ3v) is 1.87. The van der Waals surface area contributed by atoms with Gasteiger partial charge >= 0.3 is 0 Å². The smallest absolute Gasteiger partial charge is 0.246 e. The molecule has 0 saturated carbocycles. The number of β-amino-alcohol motifs (C(OH)–C–C–N with tert-alkyl or cyclic N) is 1. The topological polar surface area (TPSA) is 66.6 Å². The second-order valence-electron chi connectivity index (χ2n) is 2.86. The molecule has 0 spiro atoms. The van der Waals surface area contributed by atoms with Crippen LogP contribution in [0.3, 0.4) is 0 Å². The van der Waals surface area contributed by atoms with Gasteiger partial charge in [-0.05, 0) is 6.42 Å². The van der Waals surface area contributed by atoms with Crippen LogP contribution in [0.2, 0.25) is 0 Å². The standard InChI is InChI=1S/C8H14N2O2/c9-4-1-2-8(12)10-5-3-7(11)6-10/h1-2,7,11H,3-6,9H2/b2-1+. The predicted octanol–water partition coefficient (Wildman–Crippen LogP) is -0.906. The van der Waals surface area contributed by atoms with E-state index in [0.29, 0.717) is 26.1 Å². The van der Waals surface area contributed by atoms with Crippen molar-refractivity contribution >= 4 is 5.91 Å². The van der Waals surface area contributed by atoms with Crippen LogP contribution in [-0.2, 0) is 4.79 Å². The minimum absolute atomic E-state index is 0.0583. The summed E-state index contributed by atoms with van der Waals surface area (Å²) in [5.74, 6) is -0.0583. The highest BCUT2D eigenvalue weighted by Gasteiger charge is 2.22. The van der Waals surface area contributed by atoms with Gasteiger partial charge in [-0.15, -0.1) is 0 Å². The van der Waals surface area contributed by atoms with E-state index >= 15 is 0 Å². The van der Waals surface area contributed by atoms with Gasteiger partial charge < -0.3 is 15.7 Å². The number of hydrogen-bond acceptors (Lipinski definition) is 3. The van der Waals surface area contributed by atoms with E-state index in [1.807, 2.05) is 0 Å². The fourth-order valence-electron chi connectivity index (χ4n) is 1.22. The molecule has 1 atom stereocenters. The lowest BCUT2D eigenvalue weighted by Crippen LogP contribution is -2.27. The molecule has 3 N–H and O–H groups in total. The van der Waals surface area contributed by atoms with Crippen molar-refractivity contribution in [1.82, 2.24) is 4.90 Å². The average molecular weight is 170 g/mol. The summed E-state index contributed by atoms with van der Waals surface area (Å²) in [7, 11) is 0. The van der Waals surface area contributed by atoms with Gasteiger partial charge in [-0.2, -0.15) is 0 Å². The zero-order valence-electron chi connectivity index (χ0n) is 6.94. The van der Waals surface area contributed by atoms with Crippen LogP contribution < -0.4 is 5.73 Å². The van der Waals surface area contributed by atoms with Crippen molar-refractivity contribution in [2.24, 2.45) is 5.73 Å². The largest absolute Gasteiger partial charge is 0.391 e. The highest BCUT2D eigenvalue weighted by molar-refractivity contribution is 5.87. The Balaban J connectivity index is 2.38. The Bertz CT molecular complexity index is 191. The molecule has 0 aromatic rings. The molecule has 0 aromatic carbocycles. The minimum Gasteiger partial charge on any atom is -0.391 e. The molecule has 1 rings (SSSR count). The van der Waals surface area contributed by atoms with Crippen LogP contribution in [0.25, 0.3) is 0 Å². The zero-order valence-corrected chi connectivity index (χ0v) is 6.94. The number of carbonyl (C=O) groups is 1. The van der Waals surface area contributed by atoms with E-state index in [2.05, 4.69) is 0 Å². The zero-order chi connectivity index (χ0) is 8.97. The van der Waals surface area contributed by atoms with Crippen LogP contribution in [0.15, 0.2) is 12.2 Å². The first kappa shape index (κ1) is 9.22. The molecule has 0 radical (unpaired) electrons. The molecule has 4 heteroatoms. The molecule has 68 valence electrons. The van der Waals surface area contributed by atoms with Crippen molar-refractivity contribution in [2.75, 3.05) is 19.6 Å². The molecular weight excluding hydrogens is 156 g/mol. The fourth-order valence-corrected chi connectivity index (χ4v) is 1.22. The fraction of sp³-hybridized carbons (Fsp3) is 0.625. The molecule has 4 nitrogen and oxygen atoms in total. The lowest BCUT2D eigenvalue weighted by Gasteiger charge is -2.11. The number of likely N-dealkylation sites (tertiary alicyclic amines) is 1. The Morgan fingerprint density at radius 2 is 2.50 bits per heavy atom. The summed E-state index contributed by atoms with van der Waals surface area (Å²) < 4.78 is 0. The predicted molar refractivity (Wildman–Crippen MR) is 45.4 cm³/mol. The van der Waals surface area contributed by atoms with Gasteiger partial charge in [0.15, 0.2) is 0 Å². The summed E-state index contributed by atoms with van der Waals surface area (Å²) in [4.78, 5) is 12.8. The summed E-state index contributed by atoms with van der Waals surface area (Å²) in [5, 5.41) is 9.13. The maximum Gasteiger partial charge on any atom is 0.246 e. The highest BCUT2D eigenvalue weighted by atomic mass is 16.3. The number of aliphatic hydroxyl groups is 1. The van der Waals surface area contributed by atoms with Gasteiger partial charge in [0.2, 0.25) is 5.91 Å². The molecule has 12 heavy (non-hydrogen) atoms. The van der Waals surface area contributed by atoms with E-state index in [0.717, 1.165) is 0 Å². The van der Waals surface area contributed by atoms with Crippen LogP contribution in [0, 0.1) is 0 Å². The monoisotopic (exact) mass is 170 g/mol. The van der Waals surface area contributed by atoms with E-state index in [9.17, 15) is 4.79 Å². The Labute approximate surface area is 71.7 Å². The van der Waals surface area contributed by atoms with Crippen molar-refractivity contribution in [3.63, 3.8) is 0 Å². The average Bonchev–Trinajstić information content (AvgIpc) is 2.47. The van der Waals surface area contributed by atoms with E-state index in [4.69, 9.17) is 10.8 Å². The molecule has 0 aliphatic carbocycles. The maximum absolute atomic E-state index is 11.2. The molecule has 0 bridgehead atoms. The second kappa shape index (κ2) is 4.23. The van der Waals surface area contributed by atoms with E-state index in [1.54, 1.807) is 11.0 Å². The summed E-state index contributed by atoms with van der Waals surface area (Å²) in [6, 6.07) is 0. The normalized spacial score (nSPS) is 23.8. The Hall–Kier alpha value is -0.870. The van der Waals surface area contributed by atoms with Crippen molar-refractivity contribution in [3.8, 4) is 0 Å². The van der Waals surface area contributed by atoms with E-state index in [1.165, 1.54) is 6.08 Å². The first-order valence-electron chi connectivity index (χ1n) is 4.07. The first-order valence-corrected chi connectivity index (χ1v) is 4.07. The van der Waals surface area contributed by atoms with Gasteiger partial charge in [0.05, 0.1) is 6.10 Å². The van der Waals surface area contributed by atoms with Crippen molar-refractivity contribution in [1.29, 1.82) is 0 Å². The summed E-state index contributed by atoms with van der Waals surface area (Å²) >= 11 is 0. The number of carbonyl (C=O) groups excluding carboxylic acids is 1. The van der Waals surface area contributed by atoms with Gasteiger partial charge in [-0.1, -0.05) is 6.08 Å². The lowest BCUT2D eigenvalue weighted by atomic mass is 10.3. The summed E-state index contributed by atoms with van der Waals surface area (Å²) in [5.41, 5.74) is 5.20. The van der Waals surface area contributed by atoms with Gasteiger partial charge in [-0.3, -0.25) is 4.79 Å². The van der Waals surface area contributed by atoms with Crippen molar-refractivity contribution in [2.45, 2.75) is 12.5 Å². The molecule has 1 amide bonds. The third-order valence-electron chi connectivity index (χ3n) is 1.87. The van der Waals surface area contributed by atoms with Crippen LogP contribution in [-0.4, -0.2) is 41.7 Å². The molecular formula is C8H14N2O2. The number of rotatable bonds is 2. The van der Waals surface area contributed by atoms with Crippen LogP contribution in [0.4, 0.5) is 0 Å². The molecule has 1 aliphatic rings. The highest BCUT2D eigenvalue weighted by Crippen LogP contribution is 2.08. The van der Waals surface area contributed by atoms with Gasteiger partial charge in [0.1, 0.15) is 0 Å². The van der Waals surface area contributed by atoms with Crippen molar-refractivity contribution in [3.05, 3.63) is 12.2 Å². The molecule has 1 unspecified atom stereocenters. The Kier molecular flexibility index (Phi) is 3.25. The molecule has 1 saturated heterocycles. The maximum atomic E-state index is 11.2. The Morgan fingerprint density at radius 1 is 1.75 bits per heavy atom. The SMILES string of the molecule is NC/C=C/C(=O)N1CCC(O)C1. The van der Waals surface area contributed by atoms with Gasteiger partial charge in [0.25, 0.3) is 0 Å². The number of amides is 1. The number of aliphatic hydroxyl groups excluding tert-OH is 1. The Morgan fingerprint density at radius 3 is 3.00 bits per heavy atom. The van der Waals surface area contributed by atoms with Crippen molar-refractivity contribution < 1.29 is 9.90 Å². The molecule has 0 aromatic heterocycles. The van der Waals surface area contributed by atoms with Crippen LogP contribution in [0.1, 0.15) is 6.42 Å².